The Labute approximate surface area is 90.1 Å². The maximum absolute atomic E-state index is 11.4. The van der Waals surface area contributed by atoms with Gasteiger partial charge < -0.3 is 10.2 Å². The summed E-state index contributed by atoms with van der Waals surface area (Å²) in [5, 5.41) is 2.77. The number of benzene rings is 1. The molecule has 3 nitrogen and oxygen atoms in total. The highest BCUT2D eigenvalue weighted by molar-refractivity contribution is 5.92. The van der Waals surface area contributed by atoms with Crippen LogP contribution in [-0.4, -0.2) is 31.4 Å². The maximum atomic E-state index is 11.4. The van der Waals surface area contributed by atoms with E-state index >= 15 is 0 Å². The topological polar surface area (TPSA) is 32.3 Å². The second-order valence-corrected chi connectivity index (χ2v) is 3.51. The fourth-order valence-electron chi connectivity index (χ4n) is 1.17. The van der Waals surface area contributed by atoms with Crippen molar-refractivity contribution in [2.24, 2.45) is 0 Å². The number of amides is 1. The van der Waals surface area contributed by atoms with E-state index < -0.39 is 0 Å². The van der Waals surface area contributed by atoms with E-state index in [0.717, 1.165) is 11.3 Å². The first-order valence-corrected chi connectivity index (χ1v) is 4.63. The number of nitrogens with one attached hydrogen (secondary N) is 1. The SMILES string of the molecule is C#Cc1cccc(NC(=O)CN(C)C)c1. The summed E-state index contributed by atoms with van der Waals surface area (Å²) in [5.41, 5.74) is 1.50. The van der Waals surface area contributed by atoms with Gasteiger partial charge in [-0.2, -0.15) is 0 Å². The fourth-order valence-corrected chi connectivity index (χ4v) is 1.17. The summed E-state index contributed by atoms with van der Waals surface area (Å²) in [6.45, 7) is 0.361. The van der Waals surface area contributed by atoms with E-state index in [-0.39, 0.29) is 5.91 Å². The smallest absolute Gasteiger partial charge is 0.238 e. The molecule has 1 rings (SSSR count). The molecule has 0 saturated heterocycles. The third-order valence-electron chi connectivity index (χ3n) is 1.77. The van der Waals surface area contributed by atoms with Crippen molar-refractivity contribution in [3.05, 3.63) is 29.8 Å². The number of anilines is 1. The zero-order valence-electron chi connectivity index (χ0n) is 8.95. The van der Waals surface area contributed by atoms with Crippen LogP contribution in [0.15, 0.2) is 24.3 Å². The lowest BCUT2D eigenvalue weighted by Gasteiger charge is -2.10. The van der Waals surface area contributed by atoms with Gasteiger partial charge in [0.05, 0.1) is 6.54 Å². The molecule has 15 heavy (non-hydrogen) atoms. The first-order valence-electron chi connectivity index (χ1n) is 4.63. The maximum Gasteiger partial charge on any atom is 0.238 e. The Morgan fingerprint density at radius 2 is 2.27 bits per heavy atom. The van der Waals surface area contributed by atoms with Crippen LogP contribution < -0.4 is 5.32 Å². The summed E-state index contributed by atoms with van der Waals surface area (Å²) in [6, 6.07) is 7.23. The highest BCUT2D eigenvalue weighted by Crippen LogP contribution is 2.09. The van der Waals surface area contributed by atoms with Crippen molar-refractivity contribution in [2.45, 2.75) is 0 Å². The number of terminal acetylenes is 1. The van der Waals surface area contributed by atoms with E-state index in [1.54, 1.807) is 11.0 Å². The van der Waals surface area contributed by atoms with Crippen LogP contribution >= 0.6 is 0 Å². The lowest BCUT2D eigenvalue weighted by atomic mass is 10.2. The van der Waals surface area contributed by atoms with Gasteiger partial charge >= 0.3 is 0 Å². The molecule has 0 atom stereocenters. The molecular weight excluding hydrogens is 188 g/mol. The summed E-state index contributed by atoms with van der Waals surface area (Å²) in [4.78, 5) is 13.2. The lowest BCUT2D eigenvalue weighted by Crippen LogP contribution is -2.27. The molecule has 0 unspecified atom stereocenters. The van der Waals surface area contributed by atoms with Crippen molar-refractivity contribution in [1.29, 1.82) is 0 Å². The number of hydrogen-bond donors (Lipinski definition) is 1. The Morgan fingerprint density at radius 3 is 2.87 bits per heavy atom. The van der Waals surface area contributed by atoms with Crippen LogP contribution in [0.4, 0.5) is 5.69 Å². The average molecular weight is 202 g/mol. The van der Waals surface area contributed by atoms with Crippen LogP contribution in [0.3, 0.4) is 0 Å². The molecular formula is C12H14N2O. The lowest BCUT2D eigenvalue weighted by molar-refractivity contribution is -0.116. The summed E-state index contributed by atoms with van der Waals surface area (Å²) < 4.78 is 0. The fraction of sp³-hybridized carbons (Fsp3) is 0.250. The van der Waals surface area contributed by atoms with Crippen LogP contribution in [-0.2, 0) is 4.79 Å². The summed E-state index contributed by atoms with van der Waals surface area (Å²) in [7, 11) is 3.69. The van der Waals surface area contributed by atoms with Gasteiger partial charge in [0.25, 0.3) is 0 Å². The molecule has 1 amide bonds. The largest absolute Gasteiger partial charge is 0.325 e. The third kappa shape index (κ3) is 3.84. The Kier molecular flexibility index (Phi) is 3.90. The predicted octanol–water partition coefficient (Wildman–Crippen LogP) is 1.17. The molecule has 0 fully saturated rings. The molecule has 1 aromatic rings. The van der Waals surface area contributed by atoms with E-state index in [9.17, 15) is 4.79 Å². The van der Waals surface area contributed by atoms with Crippen molar-refractivity contribution >= 4 is 11.6 Å². The predicted molar refractivity (Wildman–Crippen MR) is 61.6 cm³/mol. The quantitative estimate of drug-likeness (QED) is 0.746. The monoisotopic (exact) mass is 202 g/mol. The molecule has 0 spiro atoms. The molecule has 0 aliphatic rings. The highest BCUT2D eigenvalue weighted by Gasteiger charge is 2.03. The molecule has 0 aromatic heterocycles. The van der Waals surface area contributed by atoms with Crippen LogP contribution in [0.1, 0.15) is 5.56 Å². The van der Waals surface area contributed by atoms with Gasteiger partial charge in [0.15, 0.2) is 0 Å². The molecule has 3 heteroatoms. The van der Waals surface area contributed by atoms with Gasteiger partial charge in [-0.05, 0) is 32.3 Å². The number of rotatable bonds is 3. The average Bonchev–Trinajstić information content (AvgIpc) is 2.16. The van der Waals surface area contributed by atoms with Gasteiger partial charge in [-0.15, -0.1) is 6.42 Å². The highest BCUT2D eigenvalue weighted by atomic mass is 16.2. The first kappa shape index (κ1) is 11.3. The van der Waals surface area contributed by atoms with Gasteiger partial charge in [-0.25, -0.2) is 0 Å². The van der Waals surface area contributed by atoms with Crippen molar-refractivity contribution < 1.29 is 4.79 Å². The summed E-state index contributed by atoms with van der Waals surface area (Å²) >= 11 is 0. The number of hydrogen-bond acceptors (Lipinski definition) is 2. The Hall–Kier alpha value is -1.79. The third-order valence-corrected chi connectivity index (χ3v) is 1.77. The van der Waals surface area contributed by atoms with Crippen LogP contribution in [0.25, 0.3) is 0 Å². The van der Waals surface area contributed by atoms with Crippen LogP contribution in [0.2, 0.25) is 0 Å². The minimum absolute atomic E-state index is 0.0471. The minimum Gasteiger partial charge on any atom is -0.325 e. The standard InChI is InChI=1S/C12H14N2O/c1-4-10-6-5-7-11(8-10)13-12(15)9-14(2)3/h1,5-8H,9H2,2-3H3,(H,13,15). The Morgan fingerprint density at radius 1 is 1.53 bits per heavy atom. The number of likely N-dealkylation sites (N-methyl/N-ethyl adjacent to an activating group) is 1. The molecule has 0 saturated carbocycles. The van der Waals surface area contributed by atoms with Crippen LogP contribution in [0, 0.1) is 12.3 Å². The molecule has 0 bridgehead atoms. The molecule has 0 radical (unpaired) electrons. The zero-order valence-corrected chi connectivity index (χ0v) is 8.95. The first-order chi connectivity index (χ1) is 7.11. The van der Waals surface area contributed by atoms with Crippen molar-refractivity contribution in [2.75, 3.05) is 26.0 Å². The molecule has 78 valence electrons. The minimum atomic E-state index is -0.0471. The van der Waals surface area contributed by atoms with E-state index in [0.29, 0.717) is 6.54 Å². The molecule has 1 N–H and O–H groups in total. The summed E-state index contributed by atoms with van der Waals surface area (Å²) in [6.07, 6.45) is 5.26. The van der Waals surface area contributed by atoms with Crippen LogP contribution in [0.5, 0.6) is 0 Å². The molecule has 1 aromatic carbocycles. The zero-order chi connectivity index (χ0) is 11.3. The number of carbonyl (C=O) groups is 1. The second kappa shape index (κ2) is 5.18. The van der Waals surface area contributed by atoms with Gasteiger partial charge in [0.1, 0.15) is 0 Å². The summed E-state index contributed by atoms with van der Waals surface area (Å²) in [5.74, 6) is 2.47. The number of nitrogens with zero attached hydrogens (tertiary/aromatic N) is 1. The molecule has 0 aliphatic heterocycles. The van der Waals surface area contributed by atoms with Gasteiger partial charge in [0, 0.05) is 11.3 Å². The normalized spacial score (nSPS) is 9.73. The van der Waals surface area contributed by atoms with Gasteiger partial charge in [0.2, 0.25) is 5.91 Å². The number of carbonyl (C=O) groups excluding carboxylic acids is 1. The molecule has 0 heterocycles. The van der Waals surface area contributed by atoms with E-state index in [4.69, 9.17) is 6.42 Å². The Bertz CT molecular complexity index is 391. The molecule has 0 aliphatic carbocycles. The van der Waals surface area contributed by atoms with Gasteiger partial charge in [-0.3, -0.25) is 4.79 Å². The van der Waals surface area contributed by atoms with Crippen molar-refractivity contribution in [3.63, 3.8) is 0 Å². The second-order valence-electron chi connectivity index (χ2n) is 3.51. The van der Waals surface area contributed by atoms with Crippen molar-refractivity contribution in [1.82, 2.24) is 4.90 Å². The Balaban J connectivity index is 2.65. The van der Waals surface area contributed by atoms with E-state index in [1.165, 1.54) is 0 Å². The van der Waals surface area contributed by atoms with E-state index in [1.807, 2.05) is 32.3 Å². The van der Waals surface area contributed by atoms with Gasteiger partial charge in [-0.1, -0.05) is 12.0 Å². The van der Waals surface area contributed by atoms with E-state index in [2.05, 4.69) is 11.2 Å². The van der Waals surface area contributed by atoms with Crippen molar-refractivity contribution in [3.8, 4) is 12.3 Å².